The highest BCUT2D eigenvalue weighted by Crippen LogP contribution is 2.34. The zero-order valence-electron chi connectivity index (χ0n) is 9.75. The largest absolute Gasteiger partial charge is 0.352 e. The highest BCUT2D eigenvalue weighted by molar-refractivity contribution is 5.89. The van der Waals surface area contributed by atoms with Gasteiger partial charge in [-0.1, -0.05) is 13.8 Å². The van der Waals surface area contributed by atoms with Gasteiger partial charge >= 0.3 is 0 Å². The van der Waals surface area contributed by atoms with Crippen molar-refractivity contribution >= 4 is 5.91 Å². The molecule has 3 nitrogen and oxygen atoms in total. The summed E-state index contributed by atoms with van der Waals surface area (Å²) in [6.45, 7) is 4.58. The number of hydrogen-bond acceptors (Lipinski definition) is 2. The normalized spacial score (nSPS) is 38.5. The van der Waals surface area contributed by atoms with E-state index in [2.05, 4.69) is 19.2 Å². The maximum absolute atomic E-state index is 11.7. The van der Waals surface area contributed by atoms with Crippen molar-refractivity contribution in [1.82, 2.24) is 5.32 Å². The van der Waals surface area contributed by atoms with Crippen molar-refractivity contribution in [1.29, 1.82) is 0 Å². The number of amides is 1. The van der Waals surface area contributed by atoms with Crippen LogP contribution >= 0.6 is 0 Å². The Kier molecular flexibility index (Phi) is 2.75. The van der Waals surface area contributed by atoms with Crippen LogP contribution in [0.15, 0.2) is 0 Å². The van der Waals surface area contributed by atoms with Crippen LogP contribution in [0.2, 0.25) is 0 Å². The number of carbonyl (C=O) groups is 1. The first-order valence-corrected chi connectivity index (χ1v) is 6.11. The topological polar surface area (TPSA) is 55.1 Å². The van der Waals surface area contributed by atoms with E-state index in [9.17, 15) is 4.79 Å². The third-order valence-electron chi connectivity index (χ3n) is 4.17. The predicted octanol–water partition coefficient (Wildman–Crippen LogP) is 1.42. The molecule has 3 heteroatoms. The standard InChI is InChI=1S/C12H22N2O/c1-8-3-4-10(7-9(8)2)14-11(15)12(13)5-6-12/h8-10H,3-7,13H2,1-2H3,(H,14,15). The van der Waals surface area contributed by atoms with Gasteiger partial charge < -0.3 is 11.1 Å². The van der Waals surface area contributed by atoms with Gasteiger partial charge in [-0.3, -0.25) is 4.79 Å². The highest BCUT2D eigenvalue weighted by Gasteiger charge is 2.46. The minimum atomic E-state index is -0.508. The maximum Gasteiger partial charge on any atom is 0.240 e. The first kappa shape index (κ1) is 10.9. The van der Waals surface area contributed by atoms with E-state index in [0.29, 0.717) is 6.04 Å². The molecule has 0 aromatic carbocycles. The molecule has 0 aromatic heterocycles. The summed E-state index contributed by atoms with van der Waals surface area (Å²) in [6.07, 6.45) is 5.18. The smallest absolute Gasteiger partial charge is 0.240 e. The second kappa shape index (κ2) is 3.78. The van der Waals surface area contributed by atoms with Gasteiger partial charge in [0.1, 0.15) is 0 Å². The Bertz CT molecular complexity index is 260. The first-order chi connectivity index (χ1) is 7.01. The van der Waals surface area contributed by atoms with E-state index in [1.165, 1.54) is 6.42 Å². The molecule has 2 saturated carbocycles. The van der Waals surface area contributed by atoms with Gasteiger partial charge in [0.05, 0.1) is 5.54 Å². The summed E-state index contributed by atoms with van der Waals surface area (Å²) in [5.74, 6) is 1.59. The lowest BCUT2D eigenvalue weighted by Gasteiger charge is -2.33. The van der Waals surface area contributed by atoms with Crippen LogP contribution in [0.4, 0.5) is 0 Å². The average Bonchev–Trinajstić information content (AvgIpc) is 2.92. The molecule has 3 atom stereocenters. The molecule has 3 unspecified atom stereocenters. The first-order valence-electron chi connectivity index (χ1n) is 6.11. The fraction of sp³-hybridized carbons (Fsp3) is 0.917. The fourth-order valence-corrected chi connectivity index (χ4v) is 2.37. The number of hydrogen-bond donors (Lipinski definition) is 2. The number of nitrogens with one attached hydrogen (secondary N) is 1. The monoisotopic (exact) mass is 210 g/mol. The van der Waals surface area contributed by atoms with Gasteiger partial charge in [-0.15, -0.1) is 0 Å². The molecule has 0 aromatic rings. The summed E-state index contributed by atoms with van der Waals surface area (Å²) < 4.78 is 0. The lowest BCUT2D eigenvalue weighted by molar-refractivity contribution is -0.124. The third-order valence-corrected chi connectivity index (χ3v) is 4.17. The minimum absolute atomic E-state index is 0.0780. The van der Waals surface area contributed by atoms with Crippen molar-refractivity contribution in [2.75, 3.05) is 0 Å². The molecule has 2 aliphatic carbocycles. The van der Waals surface area contributed by atoms with Crippen molar-refractivity contribution in [3.05, 3.63) is 0 Å². The summed E-state index contributed by atoms with van der Waals surface area (Å²) in [4.78, 5) is 11.7. The number of carbonyl (C=O) groups excluding carboxylic acids is 1. The Morgan fingerprint density at radius 3 is 2.47 bits per heavy atom. The van der Waals surface area contributed by atoms with Crippen LogP contribution in [0.25, 0.3) is 0 Å². The molecule has 0 bridgehead atoms. The molecule has 0 aliphatic heterocycles. The molecule has 2 fully saturated rings. The fourth-order valence-electron chi connectivity index (χ4n) is 2.37. The summed E-state index contributed by atoms with van der Waals surface area (Å²) in [5.41, 5.74) is 5.35. The second-order valence-corrected chi connectivity index (χ2v) is 5.59. The van der Waals surface area contributed by atoms with Crippen LogP contribution in [-0.2, 0) is 4.79 Å². The summed E-state index contributed by atoms with van der Waals surface area (Å²) in [5, 5.41) is 3.11. The van der Waals surface area contributed by atoms with E-state index in [4.69, 9.17) is 5.73 Å². The van der Waals surface area contributed by atoms with Crippen LogP contribution in [0, 0.1) is 11.8 Å². The van der Waals surface area contributed by atoms with Crippen LogP contribution in [0.3, 0.4) is 0 Å². The van der Waals surface area contributed by atoms with Crippen LogP contribution in [0.5, 0.6) is 0 Å². The van der Waals surface area contributed by atoms with E-state index < -0.39 is 5.54 Å². The molecule has 0 spiro atoms. The molecule has 3 N–H and O–H groups in total. The molecule has 2 rings (SSSR count). The van der Waals surface area contributed by atoms with E-state index >= 15 is 0 Å². The molecule has 1 amide bonds. The van der Waals surface area contributed by atoms with Crippen molar-refractivity contribution in [3.8, 4) is 0 Å². The van der Waals surface area contributed by atoms with E-state index in [1.807, 2.05) is 0 Å². The van der Waals surface area contributed by atoms with Gasteiger partial charge in [0.2, 0.25) is 5.91 Å². The third kappa shape index (κ3) is 2.33. The van der Waals surface area contributed by atoms with E-state index in [1.54, 1.807) is 0 Å². The lowest BCUT2D eigenvalue weighted by Crippen LogP contribution is -2.48. The molecule has 15 heavy (non-hydrogen) atoms. The van der Waals surface area contributed by atoms with Crippen molar-refractivity contribution in [3.63, 3.8) is 0 Å². The Hall–Kier alpha value is -0.570. The summed E-state index contributed by atoms with van der Waals surface area (Å²) >= 11 is 0. The zero-order chi connectivity index (χ0) is 11.1. The van der Waals surface area contributed by atoms with Gasteiger partial charge in [0.25, 0.3) is 0 Å². The zero-order valence-corrected chi connectivity index (χ0v) is 9.75. The van der Waals surface area contributed by atoms with Gasteiger partial charge in [-0.25, -0.2) is 0 Å². The Morgan fingerprint density at radius 2 is 1.93 bits per heavy atom. The summed E-state index contributed by atoms with van der Waals surface area (Å²) in [7, 11) is 0. The van der Waals surface area contributed by atoms with E-state index in [0.717, 1.165) is 37.5 Å². The SMILES string of the molecule is CC1CCC(NC(=O)C2(N)CC2)CC1C. The Morgan fingerprint density at radius 1 is 1.27 bits per heavy atom. The van der Waals surface area contributed by atoms with Crippen LogP contribution in [-0.4, -0.2) is 17.5 Å². The molecule has 0 radical (unpaired) electrons. The van der Waals surface area contributed by atoms with E-state index in [-0.39, 0.29) is 5.91 Å². The lowest BCUT2D eigenvalue weighted by atomic mass is 9.79. The van der Waals surface area contributed by atoms with Crippen LogP contribution in [0.1, 0.15) is 46.0 Å². The predicted molar refractivity (Wildman–Crippen MR) is 60.3 cm³/mol. The van der Waals surface area contributed by atoms with Gasteiger partial charge in [-0.05, 0) is 43.9 Å². The van der Waals surface area contributed by atoms with Crippen molar-refractivity contribution < 1.29 is 4.79 Å². The molecule has 2 aliphatic rings. The second-order valence-electron chi connectivity index (χ2n) is 5.59. The number of nitrogens with two attached hydrogens (primary N) is 1. The van der Waals surface area contributed by atoms with Crippen LogP contribution < -0.4 is 11.1 Å². The highest BCUT2D eigenvalue weighted by atomic mass is 16.2. The van der Waals surface area contributed by atoms with Gasteiger partial charge in [0, 0.05) is 6.04 Å². The molecule has 0 heterocycles. The average molecular weight is 210 g/mol. The maximum atomic E-state index is 11.7. The Balaban J connectivity index is 1.83. The Labute approximate surface area is 91.8 Å². The molecular weight excluding hydrogens is 188 g/mol. The quantitative estimate of drug-likeness (QED) is 0.724. The molecule has 86 valence electrons. The molecular formula is C12H22N2O. The minimum Gasteiger partial charge on any atom is -0.352 e. The molecule has 0 saturated heterocycles. The van der Waals surface area contributed by atoms with Gasteiger partial charge in [-0.2, -0.15) is 0 Å². The number of rotatable bonds is 2. The van der Waals surface area contributed by atoms with Gasteiger partial charge in [0.15, 0.2) is 0 Å². The van der Waals surface area contributed by atoms with Crippen molar-refractivity contribution in [2.24, 2.45) is 17.6 Å². The summed E-state index contributed by atoms with van der Waals surface area (Å²) in [6, 6.07) is 0.365. The van der Waals surface area contributed by atoms with Crippen molar-refractivity contribution in [2.45, 2.75) is 57.5 Å².